The van der Waals surface area contributed by atoms with Crippen LogP contribution in [-0.4, -0.2) is 10.2 Å². The van der Waals surface area contributed by atoms with Crippen LogP contribution in [0.25, 0.3) is 11.1 Å². The topological polar surface area (TPSA) is 40.5 Å². The number of phenols is 2. The van der Waals surface area contributed by atoms with E-state index in [-0.39, 0.29) is 22.3 Å². The Morgan fingerprint density at radius 2 is 0.909 bits per heavy atom. The third kappa shape index (κ3) is 2.96. The van der Waals surface area contributed by atoms with Crippen LogP contribution in [0.5, 0.6) is 11.5 Å². The summed E-state index contributed by atoms with van der Waals surface area (Å²) in [7, 11) is 0. The van der Waals surface area contributed by atoms with Gasteiger partial charge in [0.2, 0.25) is 0 Å². The molecule has 0 amide bonds. The molecule has 0 unspecified atom stereocenters. The van der Waals surface area contributed by atoms with E-state index in [9.17, 15) is 10.2 Å². The van der Waals surface area contributed by atoms with E-state index in [4.69, 9.17) is 0 Å². The quantitative estimate of drug-likeness (QED) is 0.744. The molecule has 0 aliphatic heterocycles. The van der Waals surface area contributed by atoms with Gasteiger partial charge in [0.15, 0.2) is 0 Å². The summed E-state index contributed by atoms with van der Waals surface area (Å²) in [5.41, 5.74) is 3.26. The number of rotatable bonds is 1. The van der Waals surface area contributed by atoms with Gasteiger partial charge in [-0.25, -0.2) is 0 Å². The number of benzene rings is 2. The van der Waals surface area contributed by atoms with E-state index in [0.29, 0.717) is 0 Å². The number of hydrogen-bond acceptors (Lipinski definition) is 2. The van der Waals surface area contributed by atoms with Crippen molar-refractivity contribution < 1.29 is 10.2 Å². The number of aromatic hydroxyl groups is 2. The van der Waals surface area contributed by atoms with Crippen LogP contribution in [0.4, 0.5) is 0 Å². The molecule has 2 aromatic rings. The molecule has 0 saturated carbocycles. The van der Waals surface area contributed by atoms with Gasteiger partial charge in [-0.05, 0) is 34.1 Å². The first-order valence-corrected chi connectivity index (χ1v) is 7.69. The molecule has 2 aromatic carbocycles. The van der Waals surface area contributed by atoms with Crippen LogP contribution < -0.4 is 0 Å². The van der Waals surface area contributed by atoms with E-state index in [2.05, 4.69) is 41.5 Å². The highest BCUT2D eigenvalue weighted by Crippen LogP contribution is 2.46. The smallest absolute Gasteiger partial charge is 0.123 e. The minimum atomic E-state index is -0.133. The average molecular weight is 298 g/mol. The van der Waals surface area contributed by atoms with E-state index in [0.717, 1.165) is 22.3 Å². The summed E-state index contributed by atoms with van der Waals surface area (Å²) in [6, 6.07) is 11.1. The molecule has 2 heteroatoms. The van der Waals surface area contributed by atoms with Crippen LogP contribution in [0.3, 0.4) is 0 Å². The summed E-state index contributed by atoms with van der Waals surface area (Å²) in [5.74, 6) is 0.416. The second-order valence-electron chi connectivity index (χ2n) is 7.90. The van der Waals surface area contributed by atoms with Gasteiger partial charge in [0.25, 0.3) is 0 Å². The van der Waals surface area contributed by atoms with Crippen molar-refractivity contribution >= 4 is 0 Å². The molecule has 0 heterocycles. The Balaban J connectivity index is 2.90. The lowest BCUT2D eigenvalue weighted by Gasteiger charge is -2.28. The SMILES string of the molecule is CC(C)(C)c1cccc(O)c1-c1c(O)cccc1C(C)(C)C. The molecule has 0 aromatic heterocycles. The Labute approximate surface area is 133 Å². The molecule has 0 saturated heterocycles. The molecule has 2 N–H and O–H groups in total. The standard InChI is InChI=1S/C20H26O2/c1-19(2,3)13-9-7-11-15(21)17(13)18-14(20(4,5)6)10-8-12-16(18)22/h7-12,21-22H,1-6H3. The molecule has 0 spiro atoms. The molecule has 118 valence electrons. The number of phenolic OH excluding ortho intramolecular Hbond substituents is 2. The van der Waals surface area contributed by atoms with E-state index < -0.39 is 0 Å². The third-order valence-electron chi connectivity index (χ3n) is 3.95. The Morgan fingerprint density at radius 3 is 1.18 bits per heavy atom. The monoisotopic (exact) mass is 298 g/mol. The minimum absolute atomic E-state index is 0.133. The fourth-order valence-electron chi connectivity index (χ4n) is 2.86. The van der Waals surface area contributed by atoms with Crippen molar-refractivity contribution in [2.24, 2.45) is 0 Å². The molecule has 22 heavy (non-hydrogen) atoms. The van der Waals surface area contributed by atoms with Crippen LogP contribution in [0, 0.1) is 0 Å². The largest absolute Gasteiger partial charge is 0.507 e. The molecule has 2 nitrogen and oxygen atoms in total. The van der Waals surface area contributed by atoms with Crippen molar-refractivity contribution in [3.63, 3.8) is 0 Å². The van der Waals surface area contributed by atoms with Crippen LogP contribution >= 0.6 is 0 Å². The predicted molar refractivity (Wildman–Crippen MR) is 92.6 cm³/mol. The fraction of sp³-hybridized carbons (Fsp3) is 0.400. The predicted octanol–water partition coefficient (Wildman–Crippen LogP) is 5.36. The van der Waals surface area contributed by atoms with Gasteiger partial charge < -0.3 is 10.2 Å². The van der Waals surface area contributed by atoms with Crippen LogP contribution in [0.2, 0.25) is 0 Å². The normalized spacial score (nSPS) is 12.5. The van der Waals surface area contributed by atoms with Crippen molar-refractivity contribution in [3.05, 3.63) is 47.5 Å². The molecule has 0 fully saturated rings. The van der Waals surface area contributed by atoms with Crippen molar-refractivity contribution in [3.8, 4) is 22.6 Å². The molecule has 2 rings (SSSR count). The molecule has 0 aliphatic carbocycles. The van der Waals surface area contributed by atoms with Gasteiger partial charge in [-0.1, -0.05) is 65.8 Å². The van der Waals surface area contributed by atoms with Crippen molar-refractivity contribution in [2.75, 3.05) is 0 Å². The zero-order chi connectivity index (χ0) is 16.7. The summed E-state index contributed by atoms with van der Waals surface area (Å²) in [6.07, 6.45) is 0. The van der Waals surface area contributed by atoms with Gasteiger partial charge in [-0.3, -0.25) is 0 Å². The highest BCUT2D eigenvalue weighted by Gasteiger charge is 2.27. The van der Waals surface area contributed by atoms with E-state index in [1.54, 1.807) is 12.1 Å². The summed E-state index contributed by atoms with van der Waals surface area (Å²) >= 11 is 0. The Hall–Kier alpha value is -1.96. The van der Waals surface area contributed by atoms with E-state index in [1.165, 1.54) is 0 Å². The van der Waals surface area contributed by atoms with Crippen LogP contribution in [0.15, 0.2) is 36.4 Å². The van der Waals surface area contributed by atoms with Crippen molar-refractivity contribution in [1.29, 1.82) is 0 Å². The van der Waals surface area contributed by atoms with Crippen LogP contribution in [0.1, 0.15) is 52.7 Å². The average Bonchev–Trinajstić information content (AvgIpc) is 2.36. The van der Waals surface area contributed by atoms with Crippen molar-refractivity contribution in [1.82, 2.24) is 0 Å². The maximum absolute atomic E-state index is 10.5. The lowest BCUT2D eigenvalue weighted by molar-refractivity contribution is 0.463. The van der Waals surface area contributed by atoms with Gasteiger partial charge in [0, 0.05) is 11.1 Å². The Kier molecular flexibility index (Phi) is 3.99. The molecule has 0 bridgehead atoms. The number of hydrogen-bond donors (Lipinski definition) is 2. The van der Waals surface area contributed by atoms with E-state index in [1.807, 2.05) is 24.3 Å². The molecule has 0 atom stereocenters. The van der Waals surface area contributed by atoms with Gasteiger partial charge in [0.05, 0.1) is 0 Å². The maximum Gasteiger partial charge on any atom is 0.123 e. The minimum Gasteiger partial charge on any atom is -0.507 e. The zero-order valence-electron chi connectivity index (χ0n) is 14.4. The molecular formula is C20H26O2. The van der Waals surface area contributed by atoms with Gasteiger partial charge >= 0.3 is 0 Å². The summed E-state index contributed by atoms with van der Waals surface area (Å²) in [5, 5.41) is 21.0. The van der Waals surface area contributed by atoms with Crippen LogP contribution in [-0.2, 0) is 10.8 Å². The maximum atomic E-state index is 10.5. The summed E-state index contributed by atoms with van der Waals surface area (Å²) in [4.78, 5) is 0. The fourth-order valence-corrected chi connectivity index (χ4v) is 2.86. The van der Waals surface area contributed by atoms with E-state index >= 15 is 0 Å². The van der Waals surface area contributed by atoms with Gasteiger partial charge in [-0.15, -0.1) is 0 Å². The molecule has 0 radical (unpaired) electrons. The third-order valence-corrected chi connectivity index (χ3v) is 3.95. The first kappa shape index (κ1) is 16.4. The lowest BCUT2D eigenvalue weighted by Crippen LogP contribution is -2.16. The second-order valence-corrected chi connectivity index (χ2v) is 7.90. The Morgan fingerprint density at radius 1 is 0.591 bits per heavy atom. The lowest BCUT2D eigenvalue weighted by atomic mass is 9.76. The molecular weight excluding hydrogens is 272 g/mol. The molecule has 0 aliphatic rings. The van der Waals surface area contributed by atoms with Gasteiger partial charge in [-0.2, -0.15) is 0 Å². The highest BCUT2D eigenvalue weighted by atomic mass is 16.3. The zero-order valence-corrected chi connectivity index (χ0v) is 14.4. The Bertz CT molecular complexity index is 624. The first-order valence-electron chi connectivity index (χ1n) is 7.69. The van der Waals surface area contributed by atoms with Crippen molar-refractivity contribution in [2.45, 2.75) is 52.4 Å². The first-order chi connectivity index (χ1) is 10.0. The summed E-state index contributed by atoms with van der Waals surface area (Å²) in [6.45, 7) is 12.7. The summed E-state index contributed by atoms with van der Waals surface area (Å²) < 4.78 is 0. The highest BCUT2D eigenvalue weighted by molar-refractivity contribution is 5.82. The second kappa shape index (κ2) is 5.35. The van der Waals surface area contributed by atoms with Gasteiger partial charge in [0.1, 0.15) is 11.5 Å².